The summed E-state index contributed by atoms with van der Waals surface area (Å²) in [5.41, 5.74) is 1.85. The zero-order chi connectivity index (χ0) is 21.4. The summed E-state index contributed by atoms with van der Waals surface area (Å²) in [5, 5.41) is 11.2. The van der Waals surface area contributed by atoms with E-state index in [4.69, 9.17) is 0 Å². The van der Waals surface area contributed by atoms with E-state index in [2.05, 4.69) is 45.4 Å². The van der Waals surface area contributed by atoms with E-state index in [1.807, 2.05) is 37.3 Å². The Morgan fingerprint density at radius 3 is 2.29 bits per heavy atom. The van der Waals surface area contributed by atoms with E-state index in [-0.39, 0.29) is 0 Å². The first-order valence-electron chi connectivity index (χ1n) is 10.2. The van der Waals surface area contributed by atoms with Crippen LogP contribution in [0.15, 0.2) is 70.9 Å². The van der Waals surface area contributed by atoms with Crippen molar-refractivity contribution in [2.45, 2.75) is 11.1 Å². The molecule has 2 aromatic heterocycles. The molecular weight excluding hydrogens is 428 g/mol. The quantitative estimate of drug-likeness (QED) is 0.467. The number of anilines is 1. The minimum absolute atomic E-state index is 0.415. The standard InChI is InChI=1S/C23H22N4O2S2/c1-17-6-11-23(30-17)31(28,29)27-14-12-26(13-15-27)22-10-9-21(24-25-22)20-8-7-18-4-2-3-5-19(18)16-20/h2-11,16H,12-15H2,1H3. The molecule has 0 saturated carbocycles. The van der Waals surface area contributed by atoms with Gasteiger partial charge in [-0.05, 0) is 48.0 Å². The zero-order valence-electron chi connectivity index (χ0n) is 17.1. The first kappa shape index (κ1) is 20.1. The SMILES string of the molecule is Cc1ccc(S(=O)(=O)N2CCN(c3ccc(-c4ccc5ccccc5c4)nn3)CC2)s1. The van der Waals surface area contributed by atoms with E-state index >= 15 is 0 Å². The van der Waals surface area contributed by atoms with Gasteiger partial charge in [0.05, 0.1) is 5.69 Å². The van der Waals surface area contributed by atoms with Crippen LogP contribution >= 0.6 is 11.3 Å². The van der Waals surface area contributed by atoms with E-state index in [9.17, 15) is 8.42 Å². The summed E-state index contributed by atoms with van der Waals surface area (Å²) < 4.78 is 27.6. The number of piperazine rings is 1. The van der Waals surface area contributed by atoms with Crippen LogP contribution < -0.4 is 4.90 Å². The van der Waals surface area contributed by atoms with Crippen LogP contribution in [0.1, 0.15) is 4.88 Å². The molecule has 0 radical (unpaired) electrons. The summed E-state index contributed by atoms with van der Waals surface area (Å²) in [7, 11) is -3.42. The van der Waals surface area contributed by atoms with Crippen molar-refractivity contribution < 1.29 is 8.42 Å². The van der Waals surface area contributed by atoms with Gasteiger partial charge in [0.2, 0.25) is 0 Å². The Labute approximate surface area is 185 Å². The lowest BCUT2D eigenvalue weighted by molar-refractivity contribution is 0.384. The molecule has 158 valence electrons. The molecule has 1 aliphatic rings. The molecule has 4 aromatic rings. The van der Waals surface area contributed by atoms with Gasteiger partial charge in [-0.15, -0.1) is 21.5 Å². The van der Waals surface area contributed by atoms with Crippen molar-refractivity contribution in [2.75, 3.05) is 31.1 Å². The smallest absolute Gasteiger partial charge is 0.252 e. The second-order valence-electron chi connectivity index (χ2n) is 7.59. The Morgan fingerprint density at radius 2 is 1.61 bits per heavy atom. The van der Waals surface area contributed by atoms with Crippen LogP contribution in [0.2, 0.25) is 0 Å². The summed E-state index contributed by atoms with van der Waals surface area (Å²) in [6.07, 6.45) is 0. The number of rotatable bonds is 4. The fourth-order valence-electron chi connectivity index (χ4n) is 3.83. The van der Waals surface area contributed by atoms with E-state index in [0.29, 0.717) is 30.4 Å². The van der Waals surface area contributed by atoms with Crippen molar-refractivity contribution in [1.82, 2.24) is 14.5 Å². The van der Waals surface area contributed by atoms with Gasteiger partial charge in [-0.3, -0.25) is 0 Å². The Morgan fingerprint density at radius 1 is 0.839 bits per heavy atom. The first-order chi connectivity index (χ1) is 15.0. The monoisotopic (exact) mass is 450 g/mol. The molecule has 0 amide bonds. The van der Waals surface area contributed by atoms with E-state index < -0.39 is 10.0 Å². The number of hydrogen-bond acceptors (Lipinski definition) is 6. The molecule has 6 nitrogen and oxygen atoms in total. The van der Waals surface area contributed by atoms with Crippen molar-refractivity contribution in [3.63, 3.8) is 0 Å². The second-order valence-corrected chi connectivity index (χ2v) is 11.0. The summed E-state index contributed by atoms with van der Waals surface area (Å²) in [4.78, 5) is 3.09. The third-order valence-electron chi connectivity index (χ3n) is 5.57. The molecule has 1 saturated heterocycles. The molecule has 31 heavy (non-hydrogen) atoms. The molecule has 0 aliphatic carbocycles. The average Bonchev–Trinajstić information content (AvgIpc) is 3.26. The van der Waals surface area contributed by atoms with Crippen LogP contribution in [0, 0.1) is 6.92 Å². The molecule has 0 unspecified atom stereocenters. The molecule has 1 fully saturated rings. The largest absolute Gasteiger partial charge is 0.352 e. The van der Waals surface area contributed by atoms with Crippen LogP contribution in [-0.2, 0) is 10.0 Å². The predicted octanol–water partition coefficient (Wildman–Crippen LogP) is 4.18. The lowest BCUT2D eigenvalue weighted by Crippen LogP contribution is -2.48. The average molecular weight is 451 g/mol. The fourth-order valence-corrected chi connectivity index (χ4v) is 6.69. The number of aryl methyl sites for hydroxylation is 1. The maximum absolute atomic E-state index is 12.8. The highest BCUT2D eigenvalue weighted by Crippen LogP contribution is 2.27. The van der Waals surface area contributed by atoms with Crippen LogP contribution in [0.5, 0.6) is 0 Å². The van der Waals surface area contributed by atoms with Gasteiger partial charge < -0.3 is 4.90 Å². The number of hydrogen-bond donors (Lipinski definition) is 0. The van der Waals surface area contributed by atoms with Gasteiger partial charge in [-0.2, -0.15) is 4.31 Å². The Balaban J connectivity index is 1.29. The lowest BCUT2D eigenvalue weighted by atomic mass is 10.1. The lowest BCUT2D eigenvalue weighted by Gasteiger charge is -2.34. The number of thiophene rings is 1. The van der Waals surface area contributed by atoms with Gasteiger partial charge in [0.1, 0.15) is 4.21 Å². The normalized spacial score (nSPS) is 15.5. The number of nitrogens with zero attached hydrogens (tertiary/aromatic N) is 4. The maximum Gasteiger partial charge on any atom is 0.252 e. The Bertz CT molecular complexity index is 1330. The Kier molecular flexibility index (Phi) is 5.21. The van der Waals surface area contributed by atoms with Crippen LogP contribution in [-0.4, -0.2) is 49.1 Å². The predicted molar refractivity (Wildman–Crippen MR) is 125 cm³/mol. The van der Waals surface area contributed by atoms with Crippen molar-refractivity contribution in [3.8, 4) is 11.3 Å². The van der Waals surface area contributed by atoms with Gasteiger partial charge in [-0.25, -0.2) is 8.42 Å². The summed E-state index contributed by atoms with van der Waals surface area (Å²) in [5.74, 6) is 0.772. The van der Waals surface area contributed by atoms with E-state index in [0.717, 1.165) is 22.0 Å². The van der Waals surface area contributed by atoms with Gasteiger partial charge in [0.25, 0.3) is 10.0 Å². The molecule has 0 bridgehead atoms. The van der Waals surface area contributed by atoms with Crippen molar-refractivity contribution >= 4 is 38.0 Å². The minimum Gasteiger partial charge on any atom is -0.352 e. The van der Waals surface area contributed by atoms with Gasteiger partial charge >= 0.3 is 0 Å². The number of aromatic nitrogens is 2. The Hall–Kier alpha value is -2.81. The highest BCUT2D eigenvalue weighted by Gasteiger charge is 2.30. The summed E-state index contributed by atoms with van der Waals surface area (Å²) in [6.45, 7) is 3.98. The minimum atomic E-state index is -3.42. The molecule has 3 heterocycles. The number of fused-ring (bicyclic) bond motifs is 1. The molecule has 8 heteroatoms. The van der Waals surface area contributed by atoms with Crippen LogP contribution in [0.4, 0.5) is 5.82 Å². The second kappa shape index (κ2) is 8.03. The van der Waals surface area contributed by atoms with Gasteiger partial charge in [0.15, 0.2) is 5.82 Å². The maximum atomic E-state index is 12.8. The third-order valence-corrected chi connectivity index (χ3v) is 8.93. The summed E-state index contributed by atoms with van der Waals surface area (Å²) >= 11 is 1.32. The molecule has 2 aromatic carbocycles. The number of sulfonamides is 1. The van der Waals surface area contributed by atoms with Crippen LogP contribution in [0.25, 0.3) is 22.0 Å². The third kappa shape index (κ3) is 3.94. The fraction of sp³-hybridized carbons (Fsp3) is 0.217. The highest BCUT2D eigenvalue weighted by atomic mass is 32.2. The summed E-state index contributed by atoms with van der Waals surface area (Å²) in [6, 6.07) is 22.0. The highest BCUT2D eigenvalue weighted by molar-refractivity contribution is 7.91. The molecule has 0 N–H and O–H groups in total. The van der Waals surface area contributed by atoms with Gasteiger partial charge in [-0.1, -0.05) is 36.4 Å². The van der Waals surface area contributed by atoms with Crippen LogP contribution in [0.3, 0.4) is 0 Å². The topological polar surface area (TPSA) is 66.4 Å². The van der Waals surface area contributed by atoms with E-state index in [1.54, 1.807) is 10.4 Å². The molecule has 1 aliphatic heterocycles. The molecule has 0 atom stereocenters. The zero-order valence-corrected chi connectivity index (χ0v) is 18.7. The molecule has 0 spiro atoms. The van der Waals surface area contributed by atoms with Gasteiger partial charge in [0, 0.05) is 36.6 Å². The van der Waals surface area contributed by atoms with Crippen molar-refractivity contribution in [2.24, 2.45) is 0 Å². The van der Waals surface area contributed by atoms with Crippen molar-refractivity contribution in [3.05, 3.63) is 71.6 Å². The van der Waals surface area contributed by atoms with E-state index in [1.165, 1.54) is 22.1 Å². The van der Waals surface area contributed by atoms with Crippen molar-refractivity contribution in [1.29, 1.82) is 0 Å². The number of benzene rings is 2. The molecular formula is C23H22N4O2S2. The molecule has 5 rings (SSSR count). The first-order valence-corrected chi connectivity index (χ1v) is 12.4.